The molecule has 2 nitrogen and oxygen atoms in total. The summed E-state index contributed by atoms with van der Waals surface area (Å²) in [6.07, 6.45) is 3.49. The Morgan fingerprint density at radius 3 is 1.88 bits per heavy atom. The zero-order valence-corrected chi connectivity index (χ0v) is 16.8. The normalized spacial score (nSPS) is 14.4. The van der Waals surface area contributed by atoms with Gasteiger partial charge in [-0.25, -0.2) is 0 Å². The van der Waals surface area contributed by atoms with E-state index < -0.39 is 0 Å². The highest BCUT2D eigenvalue weighted by Gasteiger charge is 2.29. The van der Waals surface area contributed by atoms with Crippen LogP contribution in [0, 0.1) is 17.8 Å². The minimum atomic E-state index is -0.182. The average Bonchev–Trinajstić information content (AvgIpc) is 2.53. The van der Waals surface area contributed by atoms with E-state index in [1.165, 1.54) is 24.8 Å². The monoisotopic (exact) mass is 334 g/mol. The molecule has 2 heteroatoms. The first-order chi connectivity index (χ1) is 11.4. The highest BCUT2D eigenvalue weighted by molar-refractivity contribution is 5.29. The lowest BCUT2D eigenvalue weighted by Crippen LogP contribution is -2.36. The van der Waals surface area contributed by atoms with Crippen LogP contribution in [-0.4, -0.2) is 12.9 Å². The molecule has 138 valence electrons. The average molecular weight is 335 g/mol. The molecule has 0 fully saturated rings. The molecule has 1 aromatic rings. The molecule has 1 rings (SSSR count). The minimum Gasteiger partial charge on any atom is -0.465 e. The van der Waals surface area contributed by atoms with Crippen LogP contribution >= 0.6 is 0 Å². The van der Waals surface area contributed by atoms with Gasteiger partial charge in [0, 0.05) is 12.5 Å². The Bertz CT molecular complexity index is 428. The summed E-state index contributed by atoms with van der Waals surface area (Å²) in [4.78, 5) is 0. The molecule has 24 heavy (non-hydrogen) atoms. The Morgan fingerprint density at radius 1 is 0.875 bits per heavy atom. The number of benzene rings is 1. The van der Waals surface area contributed by atoms with E-state index in [-0.39, 0.29) is 6.29 Å². The van der Waals surface area contributed by atoms with Crippen LogP contribution in [-0.2, 0) is 4.74 Å². The molecular weight excluding hydrogens is 296 g/mol. The summed E-state index contributed by atoms with van der Waals surface area (Å²) < 4.78 is 12.2. The molecule has 0 saturated carbocycles. The van der Waals surface area contributed by atoms with Gasteiger partial charge in [-0.1, -0.05) is 60.1 Å². The van der Waals surface area contributed by atoms with Crippen LogP contribution in [0.2, 0.25) is 0 Å². The predicted octanol–water partition coefficient (Wildman–Crippen LogP) is 6.65. The second kappa shape index (κ2) is 10.8. The van der Waals surface area contributed by atoms with Gasteiger partial charge >= 0.3 is 0 Å². The summed E-state index contributed by atoms with van der Waals surface area (Å²) in [6.45, 7) is 16.2. The van der Waals surface area contributed by atoms with Gasteiger partial charge in [0.15, 0.2) is 0 Å². The predicted molar refractivity (Wildman–Crippen MR) is 104 cm³/mol. The molecule has 0 aromatic heterocycles. The van der Waals surface area contributed by atoms with Gasteiger partial charge in [-0.05, 0) is 55.2 Å². The molecule has 2 atom stereocenters. The van der Waals surface area contributed by atoms with Crippen molar-refractivity contribution in [3.8, 4) is 5.75 Å². The van der Waals surface area contributed by atoms with Crippen LogP contribution in [0.1, 0.15) is 79.2 Å². The Hall–Kier alpha value is -1.02. The van der Waals surface area contributed by atoms with Crippen molar-refractivity contribution in [3.05, 3.63) is 29.8 Å². The molecule has 0 N–H and O–H groups in total. The number of hydrogen-bond donors (Lipinski definition) is 0. The molecular formula is C22H38O2. The molecule has 0 bridgehead atoms. The summed E-state index contributed by atoms with van der Waals surface area (Å²) >= 11 is 0. The summed E-state index contributed by atoms with van der Waals surface area (Å²) in [5.41, 5.74) is 1.42. The number of hydrogen-bond acceptors (Lipinski definition) is 2. The Kier molecular flexibility index (Phi) is 9.43. The smallest absolute Gasteiger partial charge is 0.203 e. The Morgan fingerprint density at radius 2 is 1.46 bits per heavy atom. The van der Waals surface area contributed by atoms with E-state index in [0.29, 0.717) is 30.3 Å². The Balaban J connectivity index is 2.87. The topological polar surface area (TPSA) is 18.5 Å². The van der Waals surface area contributed by atoms with Crippen molar-refractivity contribution < 1.29 is 9.47 Å². The molecule has 2 unspecified atom stereocenters. The van der Waals surface area contributed by atoms with Crippen LogP contribution in [0.4, 0.5) is 0 Å². The van der Waals surface area contributed by atoms with Crippen molar-refractivity contribution in [3.63, 3.8) is 0 Å². The summed E-state index contributed by atoms with van der Waals surface area (Å²) in [6, 6.07) is 8.67. The van der Waals surface area contributed by atoms with Gasteiger partial charge in [-0.2, -0.15) is 0 Å². The third-order valence-electron chi connectivity index (χ3n) is 4.92. The first-order valence-electron chi connectivity index (χ1n) is 9.82. The minimum absolute atomic E-state index is 0.182. The van der Waals surface area contributed by atoms with Crippen molar-refractivity contribution in [2.75, 3.05) is 6.61 Å². The summed E-state index contributed by atoms with van der Waals surface area (Å²) in [5, 5.41) is 0. The standard InChI is InChI=1S/C22H38O2/c1-8-11-18(9-2)19-12-14-20(15-13-19)24-22(23-10-3)21(16(4)5)17(6)7/h12-18,21-22H,8-11H2,1-7H3. The molecule has 0 spiro atoms. The number of ether oxygens (including phenoxy) is 2. The van der Waals surface area contributed by atoms with Gasteiger partial charge in [0.1, 0.15) is 5.75 Å². The lowest BCUT2D eigenvalue weighted by atomic mass is 9.85. The molecule has 1 aromatic carbocycles. The number of rotatable bonds is 11. The molecule has 0 amide bonds. The van der Waals surface area contributed by atoms with Crippen LogP contribution in [0.15, 0.2) is 24.3 Å². The third-order valence-corrected chi connectivity index (χ3v) is 4.92. The quantitative estimate of drug-likeness (QED) is 0.422. The first-order valence-corrected chi connectivity index (χ1v) is 9.82. The van der Waals surface area contributed by atoms with Crippen molar-refractivity contribution in [2.45, 2.75) is 79.9 Å². The van der Waals surface area contributed by atoms with Crippen molar-refractivity contribution in [1.82, 2.24) is 0 Å². The van der Waals surface area contributed by atoms with Crippen LogP contribution in [0.3, 0.4) is 0 Å². The fourth-order valence-electron chi connectivity index (χ4n) is 3.69. The lowest BCUT2D eigenvalue weighted by Gasteiger charge is -2.33. The highest BCUT2D eigenvalue weighted by atomic mass is 16.7. The zero-order chi connectivity index (χ0) is 18.1. The fraction of sp³-hybridized carbons (Fsp3) is 0.727. The second-order valence-corrected chi connectivity index (χ2v) is 7.47. The zero-order valence-electron chi connectivity index (χ0n) is 16.8. The summed E-state index contributed by atoms with van der Waals surface area (Å²) in [5.74, 6) is 3.00. The second-order valence-electron chi connectivity index (χ2n) is 7.47. The molecule has 0 aliphatic rings. The molecule has 0 saturated heterocycles. The maximum Gasteiger partial charge on any atom is 0.203 e. The van der Waals surface area contributed by atoms with E-state index in [0.717, 1.165) is 5.75 Å². The SMILES string of the molecule is CCCC(CC)c1ccc(OC(OCC)C(C(C)C)C(C)C)cc1. The van der Waals surface area contributed by atoms with Crippen LogP contribution in [0.5, 0.6) is 5.75 Å². The van der Waals surface area contributed by atoms with Gasteiger partial charge < -0.3 is 9.47 Å². The van der Waals surface area contributed by atoms with Crippen molar-refractivity contribution in [2.24, 2.45) is 17.8 Å². The maximum atomic E-state index is 6.25. The summed E-state index contributed by atoms with van der Waals surface area (Å²) in [7, 11) is 0. The lowest BCUT2D eigenvalue weighted by molar-refractivity contribution is -0.133. The Labute approximate surface area is 149 Å². The van der Waals surface area contributed by atoms with E-state index in [9.17, 15) is 0 Å². The van der Waals surface area contributed by atoms with Gasteiger partial charge in [-0.3, -0.25) is 0 Å². The van der Waals surface area contributed by atoms with Gasteiger partial charge in [0.05, 0.1) is 0 Å². The van der Waals surface area contributed by atoms with E-state index >= 15 is 0 Å². The van der Waals surface area contributed by atoms with Gasteiger partial charge in [0.2, 0.25) is 6.29 Å². The third kappa shape index (κ3) is 6.12. The first kappa shape index (κ1) is 21.0. The fourth-order valence-corrected chi connectivity index (χ4v) is 3.69. The maximum absolute atomic E-state index is 6.25. The molecule has 0 heterocycles. The molecule has 0 aliphatic heterocycles. The van der Waals surface area contributed by atoms with Crippen LogP contribution in [0.25, 0.3) is 0 Å². The van der Waals surface area contributed by atoms with E-state index in [1.807, 2.05) is 6.92 Å². The van der Waals surface area contributed by atoms with E-state index in [4.69, 9.17) is 9.47 Å². The van der Waals surface area contributed by atoms with Crippen LogP contribution < -0.4 is 4.74 Å². The van der Waals surface area contributed by atoms with E-state index in [2.05, 4.69) is 65.8 Å². The molecule has 0 radical (unpaired) electrons. The largest absolute Gasteiger partial charge is 0.465 e. The van der Waals surface area contributed by atoms with Gasteiger partial charge in [-0.15, -0.1) is 0 Å². The van der Waals surface area contributed by atoms with Crippen molar-refractivity contribution >= 4 is 0 Å². The van der Waals surface area contributed by atoms with Gasteiger partial charge in [0.25, 0.3) is 0 Å². The van der Waals surface area contributed by atoms with Crippen molar-refractivity contribution in [1.29, 1.82) is 0 Å². The molecule has 0 aliphatic carbocycles. The van der Waals surface area contributed by atoms with E-state index in [1.54, 1.807) is 0 Å². The highest BCUT2D eigenvalue weighted by Crippen LogP contribution is 2.30.